The molecule has 1 heterocycles. The predicted octanol–water partition coefficient (Wildman–Crippen LogP) is 4.02. The van der Waals surface area contributed by atoms with Crippen LogP contribution in [0.2, 0.25) is 5.02 Å². The van der Waals surface area contributed by atoms with Crippen LogP contribution in [0.15, 0.2) is 54.6 Å². The Morgan fingerprint density at radius 2 is 1.64 bits per heavy atom. The summed E-state index contributed by atoms with van der Waals surface area (Å²) in [7, 11) is 0. The van der Waals surface area contributed by atoms with Crippen LogP contribution >= 0.6 is 11.6 Å². The van der Waals surface area contributed by atoms with Crippen LogP contribution in [0.4, 0.5) is 0 Å². The molecule has 0 bridgehead atoms. The largest absolute Gasteiger partial charge is 0.490 e. The number of amides is 1. The first-order valence-electron chi connectivity index (χ1n) is 7.49. The fourth-order valence-corrected chi connectivity index (χ4v) is 2.77. The fraction of sp³-hybridized carbons (Fsp3) is 0.278. The van der Waals surface area contributed by atoms with E-state index >= 15 is 0 Å². The molecule has 0 unspecified atom stereocenters. The van der Waals surface area contributed by atoms with Gasteiger partial charge in [-0.25, -0.2) is 0 Å². The van der Waals surface area contributed by atoms with Gasteiger partial charge < -0.3 is 9.64 Å². The summed E-state index contributed by atoms with van der Waals surface area (Å²) in [5, 5.41) is 0.704. The lowest BCUT2D eigenvalue weighted by Gasteiger charge is -2.32. The van der Waals surface area contributed by atoms with Gasteiger partial charge in [-0.15, -0.1) is 0 Å². The van der Waals surface area contributed by atoms with E-state index in [4.69, 9.17) is 16.3 Å². The van der Waals surface area contributed by atoms with Gasteiger partial charge in [0.1, 0.15) is 11.9 Å². The third-order valence-corrected chi connectivity index (χ3v) is 4.12. The Kier molecular flexibility index (Phi) is 4.64. The Morgan fingerprint density at radius 1 is 1.00 bits per heavy atom. The van der Waals surface area contributed by atoms with E-state index in [1.807, 2.05) is 59.5 Å². The Bertz CT molecular complexity index is 619. The van der Waals surface area contributed by atoms with E-state index in [1.165, 1.54) is 0 Å². The van der Waals surface area contributed by atoms with Crippen molar-refractivity contribution in [3.8, 4) is 5.75 Å². The molecule has 0 aromatic heterocycles. The number of benzene rings is 2. The highest BCUT2D eigenvalue weighted by atomic mass is 35.5. The van der Waals surface area contributed by atoms with Crippen molar-refractivity contribution >= 4 is 17.5 Å². The molecule has 2 aromatic carbocycles. The number of hydrogen-bond donors (Lipinski definition) is 0. The summed E-state index contributed by atoms with van der Waals surface area (Å²) in [6.45, 7) is 1.46. The van der Waals surface area contributed by atoms with Gasteiger partial charge in [0.2, 0.25) is 0 Å². The Labute approximate surface area is 135 Å². The first kappa shape index (κ1) is 14.9. The second kappa shape index (κ2) is 6.84. The summed E-state index contributed by atoms with van der Waals surface area (Å²) >= 11 is 5.87. The highest BCUT2D eigenvalue weighted by Gasteiger charge is 2.24. The van der Waals surface area contributed by atoms with Gasteiger partial charge in [-0.1, -0.05) is 29.8 Å². The standard InChI is InChI=1S/C18H18ClNO2/c19-15-6-8-16(9-7-15)22-17-10-12-20(13-11-17)18(21)14-4-2-1-3-5-14/h1-9,17H,10-13H2. The average molecular weight is 316 g/mol. The van der Waals surface area contributed by atoms with Gasteiger partial charge in [-0.3, -0.25) is 4.79 Å². The Morgan fingerprint density at radius 3 is 2.27 bits per heavy atom. The minimum Gasteiger partial charge on any atom is -0.490 e. The van der Waals surface area contributed by atoms with Crippen molar-refractivity contribution < 1.29 is 9.53 Å². The van der Waals surface area contributed by atoms with Crippen molar-refractivity contribution in [2.24, 2.45) is 0 Å². The summed E-state index contributed by atoms with van der Waals surface area (Å²) < 4.78 is 5.95. The number of halogens is 1. The van der Waals surface area contributed by atoms with Crippen LogP contribution in [-0.4, -0.2) is 30.0 Å². The number of carbonyl (C=O) groups excluding carboxylic acids is 1. The van der Waals surface area contributed by atoms with Crippen LogP contribution in [-0.2, 0) is 0 Å². The van der Waals surface area contributed by atoms with Gasteiger partial charge >= 0.3 is 0 Å². The van der Waals surface area contributed by atoms with Crippen molar-refractivity contribution in [2.45, 2.75) is 18.9 Å². The molecule has 0 radical (unpaired) electrons. The number of piperidine rings is 1. The first-order chi connectivity index (χ1) is 10.7. The van der Waals surface area contributed by atoms with Crippen molar-refractivity contribution in [2.75, 3.05) is 13.1 Å². The molecule has 1 amide bonds. The van der Waals surface area contributed by atoms with Crippen LogP contribution in [0.5, 0.6) is 5.75 Å². The number of ether oxygens (including phenoxy) is 1. The molecule has 3 rings (SSSR count). The quantitative estimate of drug-likeness (QED) is 0.856. The lowest BCUT2D eigenvalue weighted by Crippen LogP contribution is -2.41. The highest BCUT2D eigenvalue weighted by molar-refractivity contribution is 6.30. The molecule has 1 aliphatic rings. The number of rotatable bonds is 3. The Hall–Kier alpha value is -2.00. The van der Waals surface area contributed by atoms with E-state index in [0.717, 1.165) is 37.2 Å². The Balaban J connectivity index is 1.54. The van der Waals surface area contributed by atoms with Gasteiger partial charge in [-0.05, 0) is 36.4 Å². The molecule has 3 nitrogen and oxygen atoms in total. The second-order valence-electron chi connectivity index (χ2n) is 5.43. The van der Waals surface area contributed by atoms with Crippen molar-refractivity contribution in [3.63, 3.8) is 0 Å². The van der Waals surface area contributed by atoms with Crippen LogP contribution in [0.1, 0.15) is 23.2 Å². The van der Waals surface area contributed by atoms with Crippen molar-refractivity contribution in [3.05, 3.63) is 65.2 Å². The zero-order chi connectivity index (χ0) is 15.4. The molecule has 22 heavy (non-hydrogen) atoms. The topological polar surface area (TPSA) is 29.5 Å². The second-order valence-corrected chi connectivity index (χ2v) is 5.87. The van der Waals surface area contributed by atoms with E-state index < -0.39 is 0 Å². The number of nitrogens with zero attached hydrogens (tertiary/aromatic N) is 1. The van der Waals surface area contributed by atoms with Gasteiger partial charge in [0.05, 0.1) is 0 Å². The third-order valence-electron chi connectivity index (χ3n) is 3.87. The molecule has 114 valence electrons. The minimum absolute atomic E-state index is 0.102. The van der Waals surface area contributed by atoms with E-state index in [2.05, 4.69) is 0 Å². The maximum absolute atomic E-state index is 12.4. The normalized spacial score (nSPS) is 15.6. The molecule has 0 N–H and O–H groups in total. The fourth-order valence-electron chi connectivity index (χ4n) is 2.65. The van der Waals surface area contributed by atoms with E-state index in [1.54, 1.807) is 0 Å². The molecule has 1 saturated heterocycles. The van der Waals surface area contributed by atoms with Crippen molar-refractivity contribution in [1.29, 1.82) is 0 Å². The summed E-state index contributed by atoms with van der Waals surface area (Å²) in [4.78, 5) is 14.3. The average Bonchev–Trinajstić information content (AvgIpc) is 2.58. The first-order valence-corrected chi connectivity index (χ1v) is 7.87. The van der Waals surface area contributed by atoms with Crippen LogP contribution < -0.4 is 4.74 Å². The highest BCUT2D eigenvalue weighted by Crippen LogP contribution is 2.21. The molecule has 1 fully saturated rings. The van der Waals surface area contributed by atoms with Gasteiger partial charge in [0.15, 0.2) is 0 Å². The van der Waals surface area contributed by atoms with Crippen molar-refractivity contribution in [1.82, 2.24) is 4.90 Å². The SMILES string of the molecule is O=C(c1ccccc1)N1CCC(Oc2ccc(Cl)cc2)CC1. The lowest BCUT2D eigenvalue weighted by molar-refractivity contribution is 0.0595. The van der Waals surface area contributed by atoms with Crippen LogP contribution in [0.3, 0.4) is 0 Å². The zero-order valence-electron chi connectivity index (χ0n) is 12.2. The van der Waals surface area contributed by atoms with E-state index in [9.17, 15) is 4.79 Å². The number of carbonyl (C=O) groups is 1. The van der Waals surface area contributed by atoms with Gasteiger partial charge in [0.25, 0.3) is 5.91 Å². The van der Waals surface area contributed by atoms with Crippen LogP contribution in [0, 0.1) is 0 Å². The predicted molar refractivity (Wildman–Crippen MR) is 87.4 cm³/mol. The summed E-state index contributed by atoms with van der Waals surface area (Å²) in [6, 6.07) is 16.8. The molecule has 0 saturated carbocycles. The molecule has 2 aromatic rings. The van der Waals surface area contributed by atoms with E-state index in [-0.39, 0.29) is 12.0 Å². The van der Waals surface area contributed by atoms with E-state index in [0.29, 0.717) is 5.02 Å². The summed E-state index contributed by atoms with van der Waals surface area (Å²) in [5.41, 5.74) is 0.750. The molecular weight excluding hydrogens is 298 g/mol. The molecule has 0 aliphatic carbocycles. The zero-order valence-corrected chi connectivity index (χ0v) is 13.0. The molecule has 0 atom stereocenters. The minimum atomic E-state index is 0.102. The van der Waals surface area contributed by atoms with Gasteiger partial charge in [-0.2, -0.15) is 0 Å². The molecular formula is C18H18ClNO2. The third kappa shape index (κ3) is 3.60. The lowest BCUT2D eigenvalue weighted by atomic mass is 10.1. The summed E-state index contributed by atoms with van der Waals surface area (Å²) in [6.07, 6.45) is 1.85. The van der Waals surface area contributed by atoms with Crippen LogP contribution in [0.25, 0.3) is 0 Å². The number of likely N-dealkylation sites (tertiary alicyclic amines) is 1. The maximum atomic E-state index is 12.4. The smallest absolute Gasteiger partial charge is 0.253 e. The summed E-state index contributed by atoms with van der Waals surface area (Å²) in [5.74, 6) is 0.933. The monoisotopic (exact) mass is 315 g/mol. The van der Waals surface area contributed by atoms with Gasteiger partial charge in [0, 0.05) is 36.5 Å². The number of hydrogen-bond acceptors (Lipinski definition) is 2. The molecule has 0 spiro atoms. The maximum Gasteiger partial charge on any atom is 0.253 e. The molecule has 1 aliphatic heterocycles. The molecule has 4 heteroatoms.